The molecule has 5 heteroatoms. The molecular formula is C9H16N2O2S. The van der Waals surface area contributed by atoms with Gasteiger partial charge in [0.25, 0.3) is 0 Å². The zero-order chi connectivity index (χ0) is 10.4. The van der Waals surface area contributed by atoms with Gasteiger partial charge in [-0.05, 0) is 19.4 Å². The molecule has 4 nitrogen and oxygen atoms in total. The van der Waals surface area contributed by atoms with Crippen LogP contribution in [0.2, 0.25) is 0 Å². The fraction of sp³-hybridized carbons (Fsp3) is 0.778. The highest BCUT2D eigenvalue weighted by Gasteiger charge is 2.20. The lowest BCUT2D eigenvalue weighted by atomic mass is 10.2. The van der Waals surface area contributed by atoms with Gasteiger partial charge >= 0.3 is 0 Å². The fourth-order valence-corrected chi connectivity index (χ4v) is 1.89. The molecule has 1 aliphatic rings. The second kappa shape index (κ2) is 6.03. The molecular weight excluding hydrogens is 200 g/mol. The lowest BCUT2D eigenvalue weighted by Gasteiger charge is -2.10. The number of carbonyl (C=O) groups is 2. The highest BCUT2D eigenvalue weighted by atomic mass is 32.2. The summed E-state index contributed by atoms with van der Waals surface area (Å²) in [6.45, 7) is 3.03. The predicted molar refractivity (Wildman–Crippen MR) is 57.2 cm³/mol. The van der Waals surface area contributed by atoms with E-state index >= 15 is 0 Å². The minimum atomic E-state index is -0.0164. The summed E-state index contributed by atoms with van der Waals surface area (Å²) in [4.78, 5) is 22.0. The Morgan fingerprint density at radius 3 is 2.93 bits per heavy atom. The molecule has 0 unspecified atom stereocenters. The molecule has 0 bridgehead atoms. The van der Waals surface area contributed by atoms with Crippen molar-refractivity contribution in [1.82, 2.24) is 10.6 Å². The maximum Gasteiger partial charge on any atom is 0.237 e. The molecule has 80 valence electrons. The number of rotatable bonds is 4. The summed E-state index contributed by atoms with van der Waals surface area (Å²) in [6, 6.07) is -0.0164. The molecule has 0 aromatic carbocycles. The van der Waals surface area contributed by atoms with Gasteiger partial charge < -0.3 is 10.6 Å². The van der Waals surface area contributed by atoms with Crippen LogP contribution in [0.1, 0.15) is 19.8 Å². The third kappa shape index (κ3) is 4.11. The van der Waals surface area contributed by atoms with Crippen molar-refractivity contribution in [1.29, 1.82) is 0 Å². The van der Waals surface area contributed by atoms with Gasteiger partial charge in [0.1, 0.15) is 0 Å². The van der Waals surface area contributed by atoms with Gasteiger partial charge in [0, 0.05) is 19.2 Å². The van der Waals surface area contributed by atoms with Gasteiger partial charge in [0.2, 0.25) is 5.91 Å². The van der Waals surface area contributed by atoms with Gasteiger partial charge in [0.05, 0.1) is 6.04 Å². The molecule has 0 radical (unpaired) electrons. The third-order valence-corrected chi connectivity index (χ3v) is 2.90. The van der Waals surface area contributed by atoms with E-state index in [-0.39, 0.29) is 17.1 Å². The van der Waals surface area contributed by atoms with Crippen LogP contribution in [0.15, 0.2) is 0 Å². The van der Waals surface area contributed by atoms with Crippen molar-refractivity contribution in [2.45, 2.75) is 25.8 Å². The Bertz CT molecular complexity index is 215. The monoisotopic (exact) mass is 216 g/mol. The number of carbonyl (C=O) groups excluding carboxylic acids is 2. The normalized spacial score (nSPS) is 20.8. The third-order valence-electron chi connectivity index (χ3n) is 2.08. The van der Waals surface area contributed by atoms with Crippen molar-refractivity contribution < 1.29 is 9.59 Å². The van der Waals surface area contributed by atoms with Crippen molar-refractivity contribution in [2.75, 3.05) is 18.8 Å². The standard InChI is InChI=1S/C9H16N2O2S/c1-7(12)14-6-5-11-9(13)8-3-2-4-10-8/h8,10H,2-6H2,1H3,(H,11,13)/t8-/m0/s1. The number of amides is 1. The lowest BCUT2D eigenvalue weighted by Crippen LogP contribution is -2.41. The average Bonchev–Trinajstić information content (AvgIpc) is 2.64. The van der Waals surface area contributed by atoms with Crippen LogP contribution < -0.4 is 10.6 Å². The number of hydrogen-bond donors (Lipinski definition) is 2. The highest BCUT2D eigenvalue weighted by molar-refractivity contribution is 8.13. The van der Waals surface area contributed by atoms with Crippen molar-refractivity contribution in [3.05, 3.63) is 0 Å². The van der Waals surface area contributed by atoms with E-state index in [9.17, 15) is 9.59 Å². The zero-order valence-corrected chi connectivity index (χ0v) is 9.15. The largest absolute Gasteiger partial charge is 0.354 e. The Balaban J connectivity index is 2.05. The Labute approximate surface area is 88.2 Å². The van der Waals surface area contributed by atoms with Gasteiger partial charge in [0.15, 0.2) is 5.12 Å². The van der Waals surface area contributed by atoms with E-state index in [2.05, 4.69) is 10.6 Å². The van der Waals surface area contributed by atoms with E-state index in [0.717, 1.165) is 19.4 Å². The number of thioether (sulfide) groups is 1. The first-order chi connectivity index (χ1) is 6.70. The first-order valence-electron chi connectivity index (χ1n) is 4.84. The van der Waals surface area contributed by atoms with Crippen LogP contribution in [0.25, 0.3) is 0 Å². The van der Waals surface area contributed by atoms with Gasteiger partial charge in [-0.1, -0.05) is 11.8 Å². The second-order valence-electron chi connectivity index (χ2n) is 3.28. The topological polar surface area (TPSA) is 58.2 Å². The van der Waals surface area contributed by atoms with Crippen molar-refractivity contribution in [3.8, 4) is 0 Å². The molecule has 2 N–H and O–H groups in total. The molecule has 1 amide bonds. The number of nitrogens with one attached hydrogen (secondary N) is 2. The summed E-state index contributed by atoms with van der Waals surface area (Å²) < 4.78 is 0. The van der Waals surface area contributed by atoms with E-state index < -0.39 is 0 Å². The van der Waals surface area contributed by atoms with Crippen LogP contribution in [0.4, 0.5) is 0 Å². The Morgan fingerprint density at radius 1 is 1.57 bits per heavy atom. The number of hydrogen-bond acceptors (Lipinski definition) is 4. The predicted octanol–water partition coefficient (Wildman–Crippen LogP) is 0.134. The Hall–Kier alpha value is -0.550. The van der Waals surface area contributed by atoms with E-state index in [0.29, 0.717) is 12.3 Å². The van der Waals surface area contributed by atoms with Gasteiger partial charge in [-0.25, -0.2) is 0 Å². The van der Waals surface area contributed by atoms with Gasteiger partial charge in [-0.3, -0.25) is 9.59 Å². The van der Waals surface area contributed by atoms with Crippen LogP contribution in [0.3, 0.4) is 0 Å². The highest BCUT2D eigenvalue weighted by Crippen LogP contribution is 2.04. The second-order valence-corrected chi connectivity index (χ2v) is 4.55. The summed E-state index contributed by atoms with van der Waals surface area (Å²) in [5.74, 6) is 0.722. The molecule has 0 spiro atoms. The zero-order valence-electron chi connectivity index (χ0n) is 8.34. The Kier molecular flexibility index (Phi) is 4.97. The minimum absolute atomic E-state index is 0.0164. The summed E-state index contributed by atoms with van der Waals surface area (Å²) in [5, 5.41) is 6.02. The summed E-state index contributed by atoms with van der Waals surface area (Å²) >= 11 is 1.24. The molecule has 1 saturated heterocycles. The molecule has 1 heterocycles. The smallest absolute Gasteiger partial charge is 0.237 e. The maximum absolute atomic E-state index is 11.4. The Morgan fingerprint density at radius 2 is 2.36 bits per heavy atom. The quantitative estimate of drug-likeness (QED) is 0.656. The van der Waals surface area contributed by atoms with Gasteiger partial charge in [-0.15, -0.1) is 0 Å². The molecule has 1 atom stereocenters. The average molecular weight is 216 g/mol. The van der Waals surface area contributed by atoms with Gasteiger partial charge in [-0.2, -0.15) is 0 Å². The molecule has 0 aliphatic carbocycles. The van der Waals surface area contributed by atoms with Crippen LogP contribution in [0.5, 0.6) is 0 Å². The van der Waals surface area contributed by atoms with E-state index in [1.807, 2.05) is 0 Å². The summed E-state index contributed by atoms with van der Waals surface area (Å²) in [6.07, 6.45) is 1.99. The SMILES string of the molecule is CC(=O)SCCNC(=O)[C@@H]1CCCN1. The molecule has 0 saturated carbocycles. The summed E-state index contributed by atoms with van der Waals surface area (Å²) in [7, 11) is 0. The van der Waals surface area contributed by atoms with Crippen molar-refractivity contribution >= 4 is 22.8 Å². The van der Waals surface area contributed by atoms with E-state index in [4.69, 9.17) is 0 Å². The van der Waals surface area contributed by atoms with Crippen molar-refractivity contribution in [3.63, 3.8) is 0 Å². The molecule has 1 fully saturated rings. The van der Waals surface area contributed by atoms with Crippen LogP contribution in [-0.4, -0.2) is 35.9 Å². The summed E-state index contributed by atoms with van der Waals surface area (Å²) in [5.41, 5.74) is 0. The lowest BCUT2D eigenvalue weighted by molar-refractivity contribution is -0.122. The van der Waals surface area contributed by atoms with E-state index in [1.165, 1.54) is 18.7 Å². The molecule has 1 aliphatic heterocycles. The first-order valence-corrected chi connectivity index (χ1v) is 5.83. The molecule has 0 aromatic heterocycles. The minimum Gasteiger partial charge on any atom is -0.354 e. The van der Waals surface area contributed by atoms with Crippen LogP contribution in [-0.2, 0) is 9.59 Å². The van der Waals surface area contributed by atoms with Crippen LogP contribution >= 0.6 is 11.8 Å². The van der Waals surface area contributed by atoms with E-state index in [1.54, 1.807) is 0 Å². The van der Waals surface area contributed by atoms with Crippen LogP contribution in [0, 0.1) is 0 Å². The molecule has 0 aromatic rings. The maximum atomic E-state index is 11.4. The first kappa shape index (κ1) is 11.5. The van der Waals surface area contributed by atoms with Crippen molar-refractivity contribution in [2.24, 2.45) is 0 Å². The molecule has 1 rings (SSSR count). The molecule has 14 heavy (non-hydrogen) atoms. The fourth-order valence-electron chi connectivity index (χ4n) is 1.40.